The fourth-order valence-electron chi connectivity index (χ4n) is 2.92. The van der Waals surface area contributed by atoms with E-state index in [9.17, 15) is 8.42 Å². The van der Waals surface area contributed by atoms with Gasteiger partial charge in [0.05, 0.1) is 17.1 Å². The van der Waals surface area contributed by atoms with Crippen LogP contribution in [0.3, 0.4) is 0 Å². The molecule has 9 heteroatoms. The van der Waals surface area contributed by atoms with E-state index in [4.69, 9.17) is 9.47 Å². The largest absolute Gasteiger partial charge is 0.494 e. The molecule has 0 bridgehead atoms. The Morgan fingerprint density at radius 3 is 2.59 bits per heavy atom. The minimum absolute atomic E-state index is 0. The molecule has 0 saturated heterocycles. The zero-order valence-electron chi connectivity index (χ0n) is 18.2. The third-order valence-electron chi connectivity index (χ3n) is 4.65. The standard InChI is InChI=1S/C20H33N3O4S.HI/c1-7-26-17-11-15-10-14(2)27-18(15)12-16(17)13-23-19(21-6)22-8-9-28(24,25)20(3,4)5;/h11-12,14H,7-10,13H2,1-6H3,(H2,21,22,23);1H. The number of guanidine groups is 1. The van der Waals surface area contributed by atoms with Gasteiger partial charge < -0.3 is 20.1 Å². The smallest absolute Gasteiger partial charge is 0.191 e. The number of aliphatic imine (C=N–C) groups is 1. The quantitative estimate of drug-likeness (QED) is 0.315. The molecule has 0 amide bonds. The van der Waals surface area contributed by atoms with E-state index in [0.29, 0.717) is 25.7 Å². The van der Waals surface area contributed by atoms with Crippen molar-refractivity contribution >= 4 is 39.8 Å². The topological polar surface area (TPSA) is 89.0 Å². The van der Waals surface area contributed by atoms with E-state index in [0.717, 1.165) is 29.0 Å². The molecule has 166 valence electrons. The van der Waals surface area contributed by atoms with Crippen LogP contribution in [0.15, 0.2) is 17.1 Å². The zero-order valence-corrected chi connectivity index (χ0v) is 21.3. The molecule has 0 aromatic heterocycles. The Hall–Kier alpha value is -1.23. The van der Waals surface area contributed by atoms with Crippen molar-refractivity contribution in [2.45, 2.75) is 58.4 Å². The van der Waals surface area contributed by atoms with Crippen molar-refractivity contribution in [2.24, 2.45) is 4.99 Å². The summed E-state index contributed by atoms with van der Waals surface area (Å²) in [5, 5.41) is 6.29. The summed E-state index contributed by atoms with van der Waals surface area (Å²) in [6.45, 7) is 10.5. The molecule has 1 aliphatic rings. The van der Waals surface area contributed by atoms with Gasteiger partial charge in [-0.3, -0.25) is 4.99 Å². The monoisotopic (exact) mass is 539 g/mol. The lowest BCUT2D eigenvalue weighted by atomic mass is 10.1. The number of hydrogen-bond donors (Lipinski definition) is 2. The zero-order chi connectivity index (χ0) is 20.9. The van der Waals surface area contributed by atoms with Gasteiger partial charge in [0.2, 0.25) is 0 Å². The molecule has 1 aromatic carbocycles. The molecule has 1 atom stereocenters. The first-order chi connectivity index (χ1) is 13.1. The average Bonchev–Trinajstić information content (AvgIpc) is 2.95. The number of rotatable bonds is 7. The van der Waals surface area contributed by atoms with Crippen LogP contribution in [0.2, 0.25) is 0 Å². The van der Waals surface area contributed by atoms with E-state index in [1.54, 1.807) is 27.8 Å². The van der Waals surface area contributed by atoms with Gasteiger partial charge in [-0.05, 0) is 46.8 Å². The highest BCUT2D eigenvalue weighted by Gasteiger charge is 2.28. The maximum atomic E-state index is 12.2. The Morgan fingerprint density at radius 1 is 1.31 bits per heavy atom. The lowest BCUT2D eigenvalue weighted by Crippen LogP contribution is -2.41. The number of nitrogens with one attached hydrogen (secondary N) is 2. The van der Waals surface area contributed by atoms with Crippen molar-refractivity contribution in [1.29, 1.82) is 0 Å². The molecule has 0 saturated carbocycles. The second-order valence-corrected chi connectivity index (χ2v) is 10.8. The Bertz CT molecular complexity index is 820. The summed E-state index contributed by atoms with van der Waals surface area (Å²) < 4.78 is 35.3. The molecule has 2 N–H and O–H groups in total. The Morgan fingerprint density at radius 2 is 2.00 bits per heavy atom. The normalized spacial score (nSPS) is 16.5. The van der Waals surface area contributed by atoms with Crippen molar-refractivity contribution < 1.29 is 17.9 Å². The maximum absolute atomic E-state index is 12.2. The highest BCUT2D eigenvalue weighted by atomic mass is 127. The van der Waals surface area contributed by atoms with Gasteiger partial charge in [-0.25, -0.2) is 8.42 Å². The summed E-state index contributed by atoms with van der Waals surface area (Å²) in [4.78, 5) is 4.17. The third-order valence-corrected chi connectivity index (χ3v) is 7.25. The number of nitrogens with zero attached hydrogens (tertiary/aromatic N) is 1. The van der Waals surface area contributed by atoms with Crippen LogP contribution >= 0.6 is 24.0 Å². The lowest BCUT2D eigenvalue weighted by molar-refractivity contribution is 0.254. The fraction of sp³-hybridized carbons (Fsp3) is 0.650. The highest BCUT2D eigenvalue weighted by Crippen LogP contribution is 2.35. The molecule has 1 unspecified atom stereocenters. The van der Waals surface area contributed by atoms with Crippen LogP contribution in [0.1, 0.15) is 45.7 Å². The Balaban J connectivity index is 0.00000420. The number of halogens is 1. The van der Waals surface area contributed by atoms with Crippen LogP contribution in [-0.2, 0) is 22.8 Å². The molecule has 1 aliphatic heterocycles. The minimum atomic E-state index is -3.18. The highest BCUT2D eigenvalue weighted by molar-refractivity contribution is 14.0. The van der Waals surface area contributed by atoms with E-state index in [1.807, 2.05) is 19.1 Å². The van der Waals surface area contributed by atoms with Crippen molar-refractivity contribution in [3.63, 3.8) is 0 Å². The summed E-state index contributed by atoms with van der Waals surface area (Å²) in [7, 11) is -1.52. The second kappa shape index (κ2) is 10.7. The molecular weight excluding hydrogens is 505 g/mol. The van der Waals surface area contributed by atoms with E-state index >= 15 is 0 Å². The molecule has 0 aliphatic carbocycles. The maximum Gasteiger partial charge on any atom is 0.191 e. The van der Waals surface area contributed by atoms with E-state index in [1.165, 1.54) is 0 Å². The van der Waals surface area contributed by atoms with Gasteiger partial charge in [0, 0.05) is 37.7 Å². The molecule has 0 fully saturated rings. The van der Waals surface area contributed by atoms with Gasteiger partial charge in [-0.2, -0.15) is 0 Å². The van der Waals surface area contributed by atoms with Crippen LogP contribution < -0.4 is 20.1 Å². The number of hydrogen-bond acceptors (Lipinski definition) is 5. The van der Waals surface area contributed by atoms with Crippen LogP contribution in [0.5, 0.6) is 11.5 Å². The van der Waals surface area contributed by atoms with Gasteiger partial charge >= 0.3 is 0 Å². The first-order valence-electron chi connectivity index (χ1n) is 9.69. The van der Waals surface area contributed by atoms with Crippen molar-refractivity contribution in [2.75, 3.05) is 26.0 Å². The summed E-state index contributed by atoms with van der Waals surface area (Å²) in [6.07, 6.45) is 1.06. The van der Waals surface area contributed by atoms with Gasteiger partial charge in [-0.15, -0.1) is 24.0 Å². The van der Waals surface area contributed by atoms with Gasteiger partial charge in [0.15, 0.2) is 15.8 Å². The van der Waals surface area contributed by atoms with E-state index < -0.39 is 14.6 Å². The molecule has 2 rings (SSSR count). The molecule has 7 nitrogen and oxygen atoms in total. The van der Waals surface area contributed by atoms with Crippen LogP contribution in [0.25, 0.3) is 0 Å². The first-order valence-corrected chi connectivity index (χ1v) is 11.3. The van der Waals surface area contributed by atoms with Crippen LogP contribution in [-0.4, -0.2) is 51.2 Å². The number of sulfone groups is 1. The number of fused-ring (bicyclic) bond motifs is 1. The molecule has 29 heavy (non-hydrogen) atoms. The van der Waals surface area contributed by atoms with Gasteiger partial charge in [0.1, 0.15) is 17.6 Å². The lowest BCUT2D eigenvalue weighted by Gasteiger charge is -2.20. The average molecular weight is 539 g/mol. The summed E-state index contributed by atoms with van der Waals surface area (Å²) >= 11 is 0. The molecule has 0 spiro atoms. The molecule has 1 heterocycles. The summed E-state index contributed by atoms with van der Waals surface area (Å²) in [5.74, 6) is 2.32. The Kier molecular flexibility index (Phi) is 9.52. The molecule has 0 radical (unpaired) electrons. The van der Waals surface area contributed by atoms with Crippen molar-refractivity contribution in [3.05, 3.63) is 23.3 Å². The molecular formula is C20H34IN3O4S. The van der Waals surface area contributed by atoms with E-state index in [2.05, 4.69) is 22.5 Å². The number of benzene rings is 1. The Labute approximate surface area is 192 Å². The summed E-state index contributed by atoms with van der Waals surface area (Å²) in [6, 6.07) is 4.06. The van der Waals surface area contributed by atoms with E-state index in [-0.39, 0.29) is 35.8 Å². The SMILES string of the molecule is CCOc1cc2c(cc1CNC(=NC)NCCS(=O)(=O)C(C)(C)C)OC(C)C2.I. The van der Waals surface area contributed by atoms with Crippen molar-refractivity contribution in [1.82, 2.24) is 10.6 Å². The van der Waals surface area contributed by atoms with Gasteiger partial charge in [0.25, 0.3) is 0 Å². The number of ether oxygens (including phenoxy) is 2. The minimum Gasteiger partial charge on any atom is -0.494 e. The fourth-order valence-corrected chi connectivity index (χ4v) is 3.90. The van der Waals surface area contributed by atoms with Crippen LogP contribution in [0.4, 0.5) is 0 Å². The second-order valence-electron chi connectivity index (χ2n) is 7.92. The summed E-state index contributed by atoms with van der Waals surface area (Å²) in [5.41, 5.74) is 2.13. The predicted molar refractivity (Wildman–Crippen MR) is 129 cm³/mol. The predicted octanol–water partition coefficient (Wildman–Crippen LogP) is 2.91. The van der Waals surface area contributed by atoms with Crippen LogP contribution in [0, 0.1) is 0 Å². The molecule has 1 aromatic rings. The van der Waals surface area contributed by atoms with Crippen molar-refractivity contribution in [3.8, 4) is 11.5 Å². The first kappa shape index (κ1) is 25.8. The van der Waals surface area contributed by atoms with Gasteiger partial charge in [-0.1, -0.05) is 0 Å². The third kappa shape index (κ3) is 6.91.